The number of halogens is 1. The zero-order chi connectivity index (χ0) is 22.8. The van der Waals surface area contributed by atoms with E-state index in [1.165, 1.54) is 0 Å². The monoisotopic (exact) mass is 465 g/mol. The molecule has 1 spiro atoms. The van der Waals surface area contributed by atoms with Crippen LogP contribution in [0, 0.1) is 11.3 Å². The van der Waals surface area contributed by atoms with Gasteiger partial charge in [0.25, 0.3) is 0 Å². The van der Waals surface area contributed by atoms with Gasteiger partial charge >= 0.3 is 5.97 Å². The lowest BCUT2D eigenvalue weighted by Crippen LogP contribution is -2.42. The number of aliphatic carboxylic acids is 1. The summed E-state index contributed by atoms with van der Waals surface area (Å²) >= 11 is 5.97. The van der Waals surface area contributed by atoms with Crippen LogP contribution in [0.2, 0.25) is 5.02 Å². The molecule has 0 unspecified atom stereocenters. The summed E-state index contributed by atoms with van der Waals surface area (Å²) in [7, 11) is 0. The van der Waals surface area contributed by atoms with E-state index in [9.17, 15) is 4.79 Å². The second-order valence-corrected chi connectivity index (χ2v) is 9.88. The van der Waals surface area contributed by atoms with Gasteiger partial charge in [0, 0.05) is 41.9 Å². The lowest BCUT2D eigenvalue weighted by atomic mass is 9.65. The summed E-state index contributed by atoms with van der Waals surface area (Å²) in [6.45, 7) is 1.99. The van der Waals surface area contributed by atoms with Gasteiger partial charge in [-0.05, 0) is 86.3 Å². The van der Waals surface area contributed by atoms with Crippen LogP contribution in [0.5, 0.6) is 0 Å². The molecular formula is C25H28ClN5O2. The molecule has 1 aliphatic carbocycles. The Morgan fingerprint density at radius 2 is 1.76 bits per heavy atom. The fourth-order valence-electron chi connectivity index (χ4n) is 5.28. The Bertz CT molecular complexity index is 1090. The molecule has 33 heavy (non-hydrogen) atoms. The summed E-state index contributed by atoms with van der Waals surface area (Å²) in [4.78, 5) is 22.7. The zero-order valence-electron chi connectivity index (χ0n) is 18.5. The van der Waals surface area contributed by atoms with E-state index in [1.54, 1.807) is 0 Å². The molecule has 0 bridgehead atoms. The zero-order valence-corrected chi connectivity index (χ0v) is 19.3. The summed E-state index contributed by atoms with van der Waals surface area (Å²) in [5, 5.41) is 17.1. The van der Waals surface area contributed by atoms with Crippen LogP contribution in [0.3, 0.4) is 0 Å². The first kappa shape index (κ1) is 21.9. The predicted molar refractivity (Wildman–Crippen MR) is 128 cm³/mol. The lowest BCUT2D eigenvalue weighted by molar-refractivity contribution is -0.138. The summed E-state index contributed by atoms with van der Waals surface area (Å²) in [5.74, 6) is 2.00. The molecule has 3 heterocycles. The molecule has 1 aliphatic heterocycles. The SMILES string of the molecule is O=C(O)CC1CCC2(CC1)CCN(c1ccc(-c3n[nH]c(-c4ccc(Cl)cc4)n3)cn1)CC2. The van der Waals surface area contributed by atoms with Gasteiger partial charge in [-0.1, -0.05) is 11.6 Å². The molecule has 1 saturated heterocycles. The molecule has 172 valence electrons. The number of nitrogens with one attached hydrogen (secondary N) is 1. The molecule has 0 atom stereocenters. The third kappa shape index (κ3) is 4.88. The fourth-order valence-corrected chi connectivity index (χ4v) is 5.41. The van der Waals surface area contributed by atoms with Crippen molar-refractivity contribution in [1.29, 1.82) is 0 Å². The average Bonchev–Trinajstić information content (AvgIpc) is 3.32. The van der Waals surface area contributed by atoms with Gasteiger partial charge in [0.05, 0.1) is 0 Å². The Kier molecular flexibility index (Phi) is 6.06. The topological polar surface area (TPSA) is 95.0 Å². The number of nitrogens with zero attached hydrogens (tertiary/aromatic N) is 4. The summed E-state index contributed by atoms with van der Waals surface area (Å²) < 4.78 is 0. The Balaban J connectivity index is 1.19. The van der Waals surface area contributed by atoms with E-state index in [1.807, 2.05) is 36.5 Å². The predicted octanol–water partition coefficient (Wildman–Crippen LogP) is 5.44. The third-order valence-corrected chi connectivity index (χ3v) is 7.64. The fraction of sp³-hybridized carbons (Fsp3) is 0.440. The van der Waals surface area contributed by atoms with Gasteiger partial charge in [-0.3, -0.25) is 9.89 Å². The van der Waals surface area contributed by atoms with Gasteiger partial charge in [-0.15, -0.1) is 0 Å². The molecule has 8 heteroatoms. The second-order valence-electron chi connectivity index (χ2n) is 9.45. The normalized spacial score (nSPS) is 18.5. The van der Waals surface area contributed by atoms with E-state index in [2.05, 4.69) is 26.1 Å². The van der Waals surface area contributed by atoms with Gasteiger partial charge in [0.1, 0.15) is 5.82 Å². The van der Waals surface area contributed by atoms with Crippen molar-refractivity contribution in [1.82, 2.24) is 20.2 Å². The van der Waals surface area contributed by atoms with Gasteiger partial charge < -0.3 is 10.0 Å². The Labute approximate surface area is 198 Å². The van der Waals surface area contributed by atoms with Gasteiger partial charge in [-0.25, -0.2) is 9.97 Å². The number of piperidine rings is 1. The van der Waals surface area contributed by atoms with Crippen LogP contribution in [0.25, 0.3) is 22.8 Å². The highest BCUT2D eigenvalue weighted by Crippen LogP contribution is 2.47. The van der Waals surface area contributed by atoms with Gasteiger partial charge in [-0.2, -0.15) is 5.10 Å². The van der Waals surface area contributed by atoms with E-state index < -0.39 is 5.97 Å². The summed E-state index contributed by atoms with van der Waals surface area (Å²) in [6.07, 6.45) is 8.89. The molecular weight excluding hydrogens is 438 g/mol. The highest BCUT2D eigenvalue weighted by Gasteiger charge is 2.38. The third-order valence-electron chi connectivity index (χ3n) is 7.39. The number of hydrogen-bond donors (Lipinski definition) is 2. The average molecular weight is 466 g/mol. The molecule has 1 aromatic carbocycles. The Morgan fingerprint density at radius 1 is 1.06 bits per heavy atom. The van der Waals surface area contributed by atoms with Gasteiger partial charge in [0.2, 0.25) is 0 Å². The van der Waals surface area contributed by atoms with Crippen LogP contribution in [0.1, 0.15) is 44.9 Å². The van der Waals surface area contributed by atoms with Crippen molar-refractivity contribution < 1.29 is 9.90 Å². The highest BCUT2D eigenvalue weighted by atomic mass is 35.5. The quantitative estimate of drug-likeness (QED) is 0.521. The Hall–Kier alpha value is -2.93. The van der Waals surface area contributed by atoms with Crippen molar-refractivity contribution >= 4 is 23.4 Å². The number of carboxylic acid groups (broad SMARTS) is 1. The van der Waals surface area contributed by atoms with Gasteiger partial charge in [0.15, 0.2) is 11.6 Å². The number of anilines is 1. The molecule has 2 fully saturated rings. The number of H-pyrrole nitrogens is 1. The second kappa shape index (κ2) is 9.14. The molecule has 0 radical (unpaired) electrons. The maximum Gasteiger partial charge on any atom is 0.303 e. The van der Waals surface area contributed by atoms with E-state index in [0.29, 0.717) is 34.4 Å². The number of aromatic nitrogens is 4. The number of carbonyl (C=O) groups is 1. The number of aromatic amines is 1. The first-order valence-electron chi connectivity index (χ1n) is 11.6. The van der Waals surface area contributed by atoms with Crippen molar-refractivity contribution in [3.63, 3.8) is 0 Å². The number of hydrogen-bond acceptors (Lipinski definition) is 5. The van der Waals surface area contributed by atoms with Crippen LogP contribution in [-0.4, -0.2) is 44.3 Å². The highest BCUT2D eigenvalue weighted by molar-refractivity contribution is 6.30. The minimum Gasteiger partial charge on any atom is -0.481 e. The van der Waals surface area contributed by atoms with Crippen LogP contribution < -0.4 is 4.90 Å². The first-order valence-corrected chi connectivity index (χ1v) is 12.0. The minimum absolute atomic E-state index is 0.324. The molecule has 2 N–H and O–H groups in total. The number of benzene rings is 1. The van der Waals surface area contributed by atoms with Crippen LogP contribution in [0.4, 0.5) is 5.82 Å². The van der Waals surface area contributed by atoms with Crippen molar-refractivity contribution in [2.75, 3.05) is 18.0 Å². The largest absolute Gasteiger partial charge is 0.481 e. The molecule has 2 aliphatic rings. The molecule has 2 aromatic heterocycles. The van der Waals surface area contributed by atoms with Crippen molar-refractivity contribution in [2.45, 2.75) is 44.9 Å². The number of pyridine rings is 1. The number of rotatable bonds is 5. The summed E-state index contributed by atoms with van der Waals surface area (Å²) in [6, 6.07) is 11.6. The first-order chi connectivity index (χ1) is 16.0. The number of carboxylic acids is 1. The van der Waals surface area contributed by atoms with E-state index in [4.69, 9.17) is 21.7 Å². The summed E-state index contributed by atoms with van der Waals surface area (Å²) in [5.41, 5.74) is 2.20. The van der Waals surface area contributed by atoms with Crippen LogP contribution in [0.15, 0.2) is 42.6 Å². The standard InChI is InChI=1S/C25H28ClN5O2/c26-20-4-1-18(2-5-20)23-28-24(30-29-23)19-3-6-21(27-16-19)31-13-11-25(12-14-31)9-7-17(8-10-25)15-22(32)33/h1-6,16-17H,7-15H2,(H,32,33)(H,28,29,30). The van der Waals surface area contributed by atoms with E-state index in [0.717, 1.165) is 68.6 Å². The molecule has 5 rings (SSSR count). The van der Waals surface area contributed by atoms with Crippen LogP contribution >= 0.6 is 11.6 Å². The van der Waals surface area contributed by atoms with Crippen LogP contribution in [-0.2, 0) is 4.79 Å². The molecule has 1 saturated carbocycles. The molecule has 3 aromatic rings. The van der Waals surface area contributed by atoms with Crippen molar-refractivity contribution in [2.24, 2.45) is 11.3 Å². The molecule has 7 nitrogen and oxygen atoms in total. The minimum atomic E-state index is -0.661. The van der Waals surface area contributed by atoms with Crippen molar-refractivity contribution in [3.05, 3.63) is 47.6 Å². The lowest BCUT2D eigenvalue weighted by Gasteiger charge is -2.46. The smallest absolute Gasteiger partial charge is 0.303 e. The maximum atomic E-state index is 11.0. The van der Waals surface area contributed by atoms with Crippen molar-refractivity contribution in [3.8, 4) is 22.8 Å². The molecule has 0 amide bonds. The maximum absolute atomic E-state index is 11.0. The van der Waals surface area contributed by atoms with E-state index in [-0.39, 0.29) is 0 Å². The Morgan fingerprint density at radius 3 is 2.39 bits per heavy atom. The van der Waals surface area contributed by atoms with E-state index >= 15 is 0 Å².